The maximum Gasteiger partial charge on any atom is 0.164 e. The normalized spacial score (nSPS) is 15.5. The Morgan fingerprint density at radius 1 is 1.20 bits per heavy atom. The van der Waals surface area contributed by atoms with Gasteiger partial charge in [0.15, 0.2) is 5.78 Å². The van der Waals surface area contributed by atoms with Crippen molar-refractivity contribution in [3.63, 3.8) is 0 Å². The van der Waals surface area contributed by atoms with Crippen LogP contribution in [0.5, 0.6) is 0 Å². The Bertz CT molecular complexity index is 477. The van der Waals surface area contributed by atoms with Gasteiger partial charge >= 0.3 is 0 Å². The van der Waals surface area contributed by atoms with E-state index in [9.17, 15) is 4.79 Å². The Kier molecular flexibility index (Phi) is 4.69. The number of fused-ring (bicyclic) bond motifs is 1. The standard InChI is InChI=1S/C17H28N2O/c1-12(2)18(13(3)4)9-10-19-14(5)11-15-16(19)7-6-8-17(15)20/h11-13H,6-10H2,1-5H3. The van der Waals surface area contributed by atoms with Crippen molar-refractivity contribution < 1.29 is 4.79 Å². The summed E-state index contributed by atoms with van der Waals surface area (Å²) < 4.78 is 2.37. The molecule has 1 heterocycles. The predicted molar refractivity (Wildman–Crippen MR) is 83.4 cm³/mol. The SMILES string of the molecule is Cc1cc2c(n1CCN(C(C)C)C(C)C)CCCC2=O. The number of carbonyl (C=O) groups is 1. The molecule has 0 aromatic carbocycles. The first-order valence-corrected chi connectivity index (χ1v) is 7.89. The summed E-state index contributed by atoms with van der Waals surface area (Å²) >= 11 is 0. The second-order valence-corrected chi connectivity index (χ2v) is 6.50. The lowest BCUT2D eigenvalue weighted by Crippen LogP contribution is -2.39. The van der Waals surface area contributed by atoms with E-state index in [-0.39, 0.29) is 0 Å². The lowest BCUT2D eigenvalue weighted by molar-refractivity contribution is 0.0971. The van der Waals surface area contributed by atoms with Gasteiger partial charge in [0.05, 0.1) is 0 Å². The van der Waals surface area contributed by atoms with Crippen molar-refractivity contribution in [2.75, 3.05) is 6.54 Å². The molecule has 1 aliphatic carbocycles. The highest BCUT2D eigenvalue weighted by Crippen LogP contribution is 2.25. The van der Waals surface area contributed by atoms with Crippen LogP contribution in [0.2, 0.25) is 0 Å². The van der Waals surface area contributed by atoms with Gasteiger partial charge in [0.2, 0.25) is 0 Å². The number of hydrogen-bond donors (Lipinski definition) is 0. The summed E-state index contributed by atoms with van der Waals surface area (Å²) in [4.78, 5) is 14.5. The largest absolute Gasteiger partial charge is 0.347 e. The second-order valence-electron chi connectivity index (χ2n) is 6.50. The molecule has 2 rings (SSSR count). The molecule has 112 valence electrons. The molecule has 3 heteroatoms. The van der Waals surface area contributed by atoms with Crippen LogP contribution in [0.15, 0.2) is 6.07 Å². The van der Waals surface area contributed by atoms with Gasteiger partial charge in [-0.1, -0.05) is 0 Å². The van der Waals surface area contributed by atoms with Crippen molar-refractivity contribution in [1.29, 1.82) is 0 Å². The Labute approximate surface area is 123 Å². The molecule has 0 radical (unpaired) electrons. The third-order valence-electron chi connectivity index (χ3n) is 4.44. The number of aryl methyl sites for hydroxylation is 1. The van der Waals surface area contributed by atoms with Crippen molar-refractivity contribution >= 4 is 5.78 Å². The summed E-state index contributed by atoms with van der Waals surface area (Å²) in [5.74, 6) is 0.331. The Balaban J connectivity index is 2.16. The molecule has 0 fully saturated rings. The molecule has 0 atom stereocenters. The summed E-state index contributed by atoms with van der Waals surface area (Å²) in [6, 6.07) is 3.21. The second kappa shape index (κ2) is 6.13. The number of Topliss-reactive ketones (excluding diaryl/α,β-unsaturated/α-hetero) is 1. The molecule has 0 N–H and O–H groups in total. The fourth-order valence-electron chi connectivity index (χ4n) is 3.43. The summed E-state index contributed by atoms with van der Waals surface area (Å²) in [6.07, 6.45) is 2.78. The van der Waals surface area contributed by atoms with E-state index in [2.05, 4.69) is 50.2 Å². The average molecular weight is 276 g/mol. The van der Waals surface area contributed by atoms with Crippen molar-refractivity contribution in [3.05, 3.63) is 23.0 Å². The molecule has 0 amide bonds. The number of nitrogens with zero attached hydrogens (tertiary/aromatic N) is 2. The number of aromatic nitrogens is 1. The average Bonchev–Trinajstić information content (AvgIpc) is 2.67. The quantitative estimate of drug-likeness (QED) is 0.823. The highest BCUT2D eigenvalue weighted by molar-refractivity contribution is 5.98. The molecule has 20 heavy (non-hydrogen) atoms. The zero-order chi connectivity index (χ0) is 14.9. The van der Waals surface area contributed by atoms with Crippen LogP contribution in [0.3, 0.4) is 0 Å². The van der Waals surface area contributed by atoms with E-state index >= 15 is 0 Å². The van der Waals surface area contributed by atoms with Crippen molar-refractivity contribution in [2.45, 2.75) is 72.5 Å². The Morgan fingerprint density at radius 3 is 2.45 bits per heavy atom. The first-order chi connectivity index (χ1) is 9.41. The molecule has 0 aliphatic heterocycles. The van der Waals surface area contributed by atoms with Crippen LogP contribution in [-0.4, -0.2) is 33.9 Å². The lowest BCUT2D eigenvalue weighted by Gasteiger charge is -2.31. The highest BCUT2D eigenvalue weighted by Gasteiger charge is 2.23. The summed E-state index contributed by atoms with van der Waals surface area (Å²) in [5.41, 5.74) is 3.48. The number of hydrogen-bond acceptors (Lipinski definition) is 2. The van der Waals surface area contributed by atoms with Gasteiger partial charge < -0.3 is 4.57 Å². The van der Waals surface area contributed by atoms with Gasteiger partial charge in [-0.2, -0.15) is 0 Å². The molecular weight excluding hydrogens is 248 g/mol. The van der Waals surface area contributed by atoms with Gasteiger partial charge in [-0.3, -0.25) is 9.69 Å². The van der Waals surface area contributed by atoms with Gasteiger partial charge in [-0.05, 0) is 53.5 Å². The molecule has 3 nitrogen and oxygen atoms in total. The molecule has 1 aliphatic rings. The minimum atomic E-state index is 0.331. The van der Waals surface area contributed by atoms with E-state index in [1.54, 1.807) is 0 Å². The van der Waals surface area contributed by atoms with Crippen LogP contribution in [0.1, 0.15) is 62.3 Å². The van der Waals surface area contributed by atoms with Gasteiger partial charge in [0, 0.05) is 48.5 Å². The third kappa shape index (κ3) is 2.98. The molecule has 1 aromatic heterocycles. The Morgan fingerprint density at radius 2 is 1.85 bits per heavy atom. The summed E-state index contributed by atoms with van der Waals surface area (Å²) in [7, 11) is 0. The van der Waals surface area contributed by atoms with E-state index < -0.39 is 0 Å². The Hall–Kier alpha value is -1.09. The van der Waals surface area contributed by atoms with Crippen molar-refractivity contribution in [3.8, 4) is 0 Å². The zero-order valence-electron chi connectivity index (χ0n) is 13.6. The first-order valence-electron chi connectivity index (χ1n) is 7.89. The molecule has 0 spiro atoms. The fraction of sp³-hybridized carbons (Fsp3) is 0.706. The third-order valence-corrected chi connectivity index (χ3v) is 4.44. The molecular formula is C17H28N2O. The van der Waals surface area contributed by atoms with E-state index in [0.29, 0.717) is 17.9 Å². The zero-order valence-corrected chi connectivity index (χ0v) is 13.6. The molecule has 0 unspecified atom stereocenters. The van der Waals surface area contributed by atoms with Crippen LogP contribution in [0, 0.1) is 6.92 Å². The molecule has 1 aromatic rings. The van der Waals surface area contributed by atoms with Gasteiger partial charge in [-0.25, -0.2) is 0 Å². The van der Waals surface area contributed by atoms with E-state index in [1.807, 2.05) is 0 Å². The predicted octanol–water partition coefficient (Wildman–Crippen LogP) is 3.43. The lowest BCUT2D eigenvalue weighted by atomic mass is 9.97. The van der Waals surface area contributed by atoms with E-state index in [4.69, 9.17) is 0 Å². The minimum absolute atomic E-state index is 0.331. The van der Waals surface area contributed by atoms with Crippen LogP contribution in [-0.2, 0) is 13.0 Å². The van der Waals surface area contributed by atoms with Crippen LogP contribution < -0.4 is 0 Å². The number of ketones is 1. The molecule has 0 saturated carbocycles. The van der Waals surface area contributed by atoms with Crippen LogP contribution >= 0.6 is 0 Å². The number of carbonyl (C=O) groups excluding carboxylic acids is 1. The maximum atomic E-state index is 12.0. The van der Waals surface area contributed by atoms with E-state index in [0.717, 1.165) is 37.9 Å². The topological polar surface area (TPSA) is 25.2 Å². The maximum absolute atomic E-state index is 12.0. The smallest absolute Gasteiger partial charge is 0.164 e. The molecule has 0 bridgehead atoms. The first kappa shape index (κ1) is 15.3. The number of rotatable bonds is 5. The van der Waals surface area contributed by atoms with Crippen molar-refractivity contribution in [1.82, 2.24) is 9.47 Å². The monoisotopic (exact) mass is 276 g/mol. The minimum Gasteiger partial charge on any atom is -0.347 e. The summed E-state index contributed by atoms with van der Waals surface area (Å²) in [5, 5.41) is 0. The highest BCUT2D eigenvalue weighted by atomic mass is 16.1. The van der Waals surface area contributed by atoms with Crippen LogP contribution in [0.4, 0.5) is 0 Å². The van der Waals surface area contributed by atoms with Gasteiger partial charge in [-0.15, -0.1) is 0 Å². The molecule has 0 saturated heterocycles. The summed E-state index contributed by atoms with van der Waals surface area (Å²) in [6.45, 7) is 13.2. The van der Waals surface area contributed by atoms with Gasteiger partial charge in [0.1, 0.15) is 0 Å². The van der Waals surface area contributed by atoms with E-state index in [1.165, 1.54) is 11.4 Å². The van der Waals surface area contributed by atoms with Gasteiger partial charge in [0.25, 0.3) is 0 Å². The van der Waals surface area contributed by atoms with Crippen molar-refractivity contribution in [2.24, 2.45) is 0 Å². The van der Waals surface area contributed by atoms with Crippen LogP contribution in [0.25, 0.3) is 0 Å². The fourth-order valence-corrected chi connectivity index (χ4v) is 3.43.